The molecule has 49 heavy (non-hydrogen) atoms. The predicted molar refractivity (Wildman–Crippen MR) is 188 cm³/mol. The second-order valence-corrected chi connectivity index (χ2v) is 16.2. The first-order valence-corrected chi connectivity index (χ1v) is 17.3. The quantitative estimate of drug-likeness (QED) is 0.215. The molecule has 0 bridgehead atoms. The minimum atomic E-state index is -0.559. The number of hydrogen-bond donors (Lipinski definition) is 2. The summed E-state index contributed by atoms with van der Waals surface area (Å²) in [6, 6.07) is 13.9. The summed E-state index contributed by atoms with van der Waals surface area (Å²) in [4.78, 5) is 46.4. The van der Waals surface area contributed by atoms with Gasteiger partial charge >= 0.3 is 12.2 Å². The van der Waals surface area contributed by atoms with Crippen molar-refractivity contribution in [1.29, 1.82) is 0 Å². The average molecular weight is 663 g/mol. The molecule has 7 rings (SSSR count). The van der Waals surface area contributed by atoms with Gasteiger partial charge in [-0.05, 0) is 116 Å². The molecule has 2 aliphatic heterocycles. The van der Waals surface area contributed by atoms with E-state index in [0.717, 1.165) is 77.2 Å². The predicted octanol–water partition coefficient (Wildman–Crippen LogP) is 8.06. The number of ether oxygens (including phenoxy) is 2. The Balaban J connectivity index is 1.05. The number of hydrogen-bond acceptors (Lipinski definition) is 6. The lowest BCUT2D eigenvalue weighted by Crippen LogP contribution is -2.46. The summed E-state index contributed by atoms with van der Waals surface area (Å²) in [7, 11) is 0. The van der Waals surface area contributed by atoms with Crippen molar-refractivity contribution in [2.45, 2.75) is 103 Å². The maximum atomic E-state index is 13.1. The van der Waals surface area contributed by atoms with Crippen molar-refractivity contribution in [2.24, 2.45) is 5.41 Å². The Kier molecular flexibility index (Phi) is 7.81. The van der Waals surface area contributed by atoms with Crippen LogP contribution in [0.4, 0.5) is 9.59 Å². The van der Waals surface area contributed by atoms with Gasteiger partial charge in [0.2, 0.25) is 0 Å². The summed E-state index contributed by atoms with van der Waals surface area (Å²) >= 11 is 0. The molecule has 2 aromatic carbocycles. The average Bonchev–Trinajstić information content (AvgIpc) is 3.47. The number of rotatable bonds is 3. The van der Waals surface area contributed by atoms with Crippen molar-refractivity contribution in [3.05, 3.63) is 71.4 Å². The van der Waals surface area contributed by atoms with E-state index in [0.29, 0.717) is 13.1 Å². The molecular weight excluding hydrogens is 616 g/mol. The zero-order valence-corrected chi connectivity index (χ0v) is 29.6. The van der Waals surface area contributed by atoms with Gasteiger partial charge in [0.1, 0.15) is 28.4 Å². The fourth-order valence-corrected chi connectivity index (χ4v) is 7.05. The fraction of sp³-hybridized carbons (Fsp3) is 0.487. The number of amides is 2. The second-order valence-electron chi connectivity index (χ2n) is 16.2. The largest absolute Gasteiger partial charge is 0.444 e. The van der Waals surface area contributed by atoms with Crippen LogP contribution in [0.1, 0.15) is 109 Å². The highest BCUT2D eigenvalue weighted by atomic mass is 16.6. The van der Waals surface area contributed by atoms with E-state index in [9.17, 15) is 9.59 Å². The highest BCUT2D eigenvalue weighted by Gasteiger charge is 2.55. The van der Waals surface area contributed by atoms with Crippen molar-refractivity contribution in [1.82, 2.24) is 29.7 Å². The van der Waals surface area contributed by atoms with E-state index in [4.69, 9.17) is 19.4 Å². The third-order valence-corrected chi connectivity index (χ3v) is 9.79. The molecule has 3 aliphatic rings. The summed E-state index contributed by atoms with van der Waals surface area (Å²) in [6.07, 6.45) is 6.18. The molecule has 1 saturated carbocycles. The molecule has 2 amide bonds. The van der Waals surface area contributed by atoms with Crippen LogP contribution >= 0.6 is 0 Å². The van der Waals surface area contributed by atoms with E-state index in [-0.39, 0.29) is 23.6 Å². The van der Waals surface area contributed by atoms with Gasteiger partial charge in [-0.3, -0.25) is 9.80 Å². The van der Waals surface area contributed by atoms with Crippen LogP contribution in [0.25, 0.3) is 22.3 Å². The van der Waals surface area contributed by atoms with Crippen molar-refractivity contribution in [2.75, 3.05) is 13.1 Å². The molecular formula is C39H46N6O4. The van der Waals surface area contributed by atoms with Crippen molar-refractivity contribution < 1.29 is 19.1 Å². The molecule has 0 unspecified atom stereocenters. The van der Waals surface area contributed by atoms with Gasteiger partial charge in [0.15, 0.2) is 0 Å². The van der Waals surface area contributed by atoms with Gasteiger partial charge in [-0.1, -0.05) is 24.0 Å². The number of nitrogens with zero attached hydrogens (tertiary/aromatic N) is 4. The van der Waals surface area contributed by atoms with Crippen LogP contribution in [-0.4, -0.2) is 66.2 Å². The molecule has 0 radical (unpaired) electrons. The maximum Gasteiger partial charge on any atom is 0.411 e. The van der Waals surface area contributed by atoms with Gasteiger partial charge in [0, 0.05) is 36.0 Å². The number of carbonyl (C=O) groups is 2. The number of benzene rings is 2. The van der Waals surface area contributed by atoms with Gasteiger partial charge in [-0.2, -0.15) is 0 Å². The lowest BCUT2D eigenvalue weighted by molar-refractivity contribution is 0.00857. The van der Waals surface area contributed by atoms with Gasteiger partial charge in [0.05, 0.1) is 22.8 Å². The highest BCUT2D eigenvalue weighted by molar-refractivity contribution is 5.78. The molecule has 2 saturated heterocycles. The van der Waals surface area contributed by atoms with Crippen LogP contribution in [0, 0.1) is 17.3 Å². The van der Waals surface area contributed by atoms with Gasteiger partial charge in [0.25, 0.3) is 0 Å². The van der Waals surface area contributed by atoms with Crippen LogP contribution in [0.3, 0.4) is 0 Å². The summed E-state index contributed by atoms with van der Waals surface area (Å²) in [5.74, 6) is 8.11. The molecule has 2 aromatic heterocycles. The van der Waals surface area contributed by atoms with E-state index < -0.39 is 16.7 Å². The number of likely N-dealkylation sites (tertiary alicyclic amines) is 2. The standard InChI is InChI=1S/C39H46N6O4/c1-36(2,3)48-34(46)44-24-39(18-19-39)22-31(44)32-41-28-16-13-26(21-29(28)42-32)10-9-25-11-14-27(15-12-25)30-23-40-33(43-30)38(7)17-8-20-45(38)35(47)49-37(4,5)6/h11-16,21,23,31H,8,17-20,22,24H2,1-7H3,(H,40,43)(H,41,42)/t31-,38+/m0/s1. The van der Waals surface area contributed by atoms with Crippen LogP contribution in [0.15, 0.2) is 48.7 Å². The highest BCUT2D eigenvalue weighted by Crippen LogP contribution is 2.58. The molecule has 4 aromatic rings. The van der Waals surface area contributed by atoms with Crippen molar-refractivity contribution >= 4 is 23.2 Å². The van der Waals surface area contributed by atoms with Crippen LogP contribution in [0.2, 0.25) is 0 Å². The molecule has 4 heterocycles. The van der Waals surface area contributed by atoms with Crippen LogP contribution < -0.4 is 0 Å². The topological polar surface area (TPSA) is 116 Å². The van der Waals surface area contributed by atoms with Gasteiger partial charge in [-0.25, -0.2) is 19.6 Å². The summed E-state index contributed by atoms with van der Waals surface area (Å²) < 4.78 is 11.4. The Hall–Kier alpha value is -4.78. The fourth-order valence-electron chi connectivity index (χ4n) is 7.05. The lowest BCUT2D eigenvalue weighted by atomic mass is 9.98. The first-order chi connectivity index (χ1) is 23.1. The first kappa shape index (κ1) is 32.8. The van der Waals surface area contributed by atoms with Crippen molar-refractivity contribution in [3.63, 3.8) is 0 Å². The molecule has 256 valence electrons. The Labute approximate surface area is 288 Å². The zero-order chi connectivity index (χ0) is 34.8. The number of fused-ring (bicyclic) bond motifs is 1. The Bertz CT molecular complexity index is 1960. The molecule has 1 spiro atoms. The van der Waals surface area contributed by atoms with Gasteiger partial charge in [-0.15, -0.1) is 0 Å². The normalized spacial score (nSPS) is 21.6. The lowest BCUT2D eigenvalue weighted by Gasteiger charge is -2.34. The monoisotopic (exact) mass is 662 g/mol. The minimum Gasteiger partial charge on any atom is -0.444 e. The minimum absolute atomic E-state index is 0.131. The van der Waals surface area contributed by atoms with E-state index >= 15 is 0 Å². The summed E-state index contributed by atoms with van der Waals surface area (Å²) in [5, 5.41) is 0. The molecule has 3 fully saturated rings. The number of aromatic nitrogens is 4. The molecule has 10 heteroatoms. The summed E-state index contributed by atoms with van der Waals surface area (Å²) in [6.45, 7) is 14.7. The van der Waals surface area contributed by atoms with E-state index in [2.05, 4.69) is 21.8 Å². The Morgan fingerprint density at radius 2 is 1.57 bits per heavy atom. The summed E-state index contributed by atoms with van der Waals surface area (Å²) in [5.41, 5.74) is 3.80. The molecule has 1 aliphatic carbocycles. The molecule has 2 atom stereocenters. The van der Waals surface area contributed by atoms with Gasteiger partial charge < -0.3 is 19.4 Å². The van der Waals surface area contributed by atoms with Crippen molar-refractivity contribution in [3.8, 4) is 23.1 Å². The molecule has 10 nitrogen and oxygen atoms in total. The smallest absolute Gasteiger partial charge is 0.411 e. The van der Waals surface area contributed by atoms with E-state index in [1.807, 2.05) is 102 Å². The Morgan fingerprint density at radius 1 is 0.898 bits per heavy atom. The second kappa shape index (κ2) is 11.7. The van der Waals surface area contributed by atoms with Crippen LogP contribution in [0.5, 0.6) is 0 Å². The van der Waals surface area contributed by atoms with E-state index in [1.165, 1.54) is 0 Å². The third-order valence-electron chi connectivity index (χ3n) is 9.79. The number of aromatic amines is 2. The number of H-pyrrole nitrogens is 2. The zero-order valence-electron chi connectivity index (χ0n) is 29.6. The Morgan fingerprint density at radius 3 is 2.27 bits per heavy atom. The number of imidazole rings is 2. The SMILES string of the molecule is CC(C)(C)OC(=O)N1CC2(CC2)C[C@H]1c1nc2cc(C#Cc3ccc(-c4c[nH]c([C@@]5(C)CCCN5C(=O)OC(C)(C)C)n4)cc3)ccc2[nH]1. The first-order valence-electron chi connectivity index (χ1n) is 17.3. The number of carbonyl (C=O) groups excluding carboxylic acids is 2. The van der Waals surface area contributed by atoms with E-state index in [1.54, 1.807) is 4.90 Å². The number of nitrogens with one attached hydrogen (secondary N) is 2. The molecule has 2 N–H and O–H groups in total. The maximum absolute atomic E-state index is 13.1. The van der Waals surface area contributed by atoms with Crippen LogP contribution in [-0.2, 0) is 15.0 Å². The third kappa shape index (κ3) is 6.76.